The van der Waals surface area contributed by atoms with Crippen molar-refractivity contribution in [2.75, 3.05) is 0 Å². The van der Waals surface area contributed by atoms with Crippen molar-refractivity contribution in [2.24, 2.45) is 12.8 Å². The Morgan fingerprint density at radius 2 is 2.00 bits per heavy atom. The van der Waals surface area contributed by atoms with E-state index in [2.05, 4.69) is 4.98 Å². The number of carbonyl (C=O) groups is 1. The number of hydrogen-bond acceptors (Lipinski definition) is 4. The topological polar surface area (TPSA) is 105 Å². The highest BCUT2D eigenvalue weighted by Gasteiger charge is 2.24. The number of nitrogens with two attached hydrogens (primary N) is 1. The van der Waals surface area contributed by atoms with E-state index in [0.717, 1.165) is 17.9 Å². The van der Waals surface area contributed by atoms with Gasteiger partial charge in [0, 0.05) is 7.05 Å². The average molecular weight is 287 g/mol. The van der Waals surface area contributed by atoms with Crippen molar-refractivity contribution in [3.63, 3.8) is 0 Å². The quantitative estimate of drug-likeness (QED) is 0.808. The van der Waals surface area contributed by atoms with Gasteiger partial charge in [-0.3, -0.25) is 14.2 Å². The first-order valence-electron chi connectivity index (χ1n) is 5.53. The molecule has 8 nitrogen and oxygen atoms in total. The number of carbonyl (C=O) groups excluding carboxylic acids is 1. The van der Waals surface area contributed by atoms with Gasteiger partial charge in [0.15, 0.2) is 11.2 Å². The molecule has 1 atom stereocenters. The molecule has 0 unspecified atom stereocenters. The summed E-state index contributed by atoms with van der Waals surface area (Å²) in [6.07, 6.45) is 1.03. The second-order valence-corrected chi connectivity index (χ2v) is 4.20. The zero-order chi connectivity index (χ0) is 15.2. The molecule has 2 aromatic rings. The molecule has 20 heavy (non-hydrogen) atoms. The molecular formula is C10H11F2N5O3. The molecule has 0 spiro atoms. The molecule has 0 bridgehead atoms. The summed E-state index contributed by atoms with van der Waals surface area (Å²) < 4.78 is 27.6. The first kappa shape index (κ1) is 13.9. The Kier molecular flexibility index (Phi) is 3.16. The van der Waals surface area contributed by atoms with Crippen LogP contribution in [0.3, 0.4) is 0 Å². The smallest absolute Gasteiger partial charge is 0.336 e. The van der Waals surface area contributed by atoms with E-state index in [4.69, 9.17) is 5.73 Å². The normalized spacial score (nSPS) is 13.1. The summed E-state index contributed by atoms with van der Waals surface area (Å²) in [7, 11) is 1.06. The molecule has 0 radical (unpaired) electrons. The summed E-state index contributed by atoms with van der Waals surface area (Å²) in [5.74, 6) is -0.763. The molecule has 0 saturated carbocycles. The molecule has 0 aliphatic heterocycles. The average Bonchev–Trinajstić information content (AvgIpc) is 2.79. The van der Waals surface area contributed by atoms with Crippen LogP contribution in [0.2, 0.25) is 0 Å². The molecule has 10 heteroatoms. The third-order valence-corrected chi connectivity index (χ3v) is 3.03. The van der Waals surface area contributed by atoms with E-state index < -0.39 is 35.4 Å². The van der Waals surface area contributed by atoms with Crippen LogP contribution in [-0.4, -0.2) is 24.6 Å². The van der Waals surface area contributed by atoms with E-state index in [0.29, 0.717) is 4.57 Å². The fraction of sp³-hybridized carbons (Fsp3) is 0.400. The Hall–Kier alpha value is -2.52. The number of halogens is 2. The standard InChI is InChI=1S/C10H11F2N5O3/c1-4(6(13)18)16-3-14-7-5(16)8(19)15(2)10(20)17(7)9(11)12/h3-4,9H,1-2H3,(H2,13,18)/t4-/m0/s1. The van der Waals surface area contributed by atoms with Gasteiger partial charge in [-0.25, -0.2) is 14.3 Å². The Morgan fingerprint density at radius 1 is 1.40 bits per heavy atom. The van der Waals surface area contributed by atoms with Gasteiger partial charge in [0.25, 0.3) is 5.56 Å². The number of fused-ring (bicyclic) bond motifs is 1. The van der Waals surface area contributed by atoms with Crippen LogP contribution in [0.5, 0.6) is 0 Å². The van der Waals surface area contributed by atoms with Gasteiger partial charge in [0.1, 0.15) is 6.04 Å². The molecule has 0 aromatic carbocycles. The third-order valence-electron chi connectivity index (χ3n) is 3.03. The lowest BCUT2D eigenvalue weighted by Gasteiger charge is -2.11. The minimum Gasteiger partial charge on any atom is -0.368 e. The van der Waals surface area contributed by atoms with E-state index in [1.165, 1.54) is 6.92 Å². The van der Waals surface area contributed by atoms with Gasteiger partial charge in [0.2, 0.25) is 5.91 Å². The highest BCUT2D eigenvalue weighted by atomic mass is 19.3. The molecule has 2 N–H and O–H groups in total. The van der Waals surface area contributed by atoms with Crippen molar-refractivity contribution >= 4 is 17.1 Å². The lowest BCUT2D eigenvalue weighted by molar-refractivity contribution is -0.120. The molecule has 0 fully saturated rings. The fourth-order valence-corrected chi connectivity index (χ4v) is 1.84. The van der Waals surface area contributed by atoms with Gasteiger partial charge in [-0.1, -0.05) is 0 Å². The van der Waals surface area contributed by atoms with Crippen LogP contribution >= 0.6 is 0 Å². The van der Waals surface area contributed by atoms with Gasteiger partial charge in [0.05, 0.1) is 6.33 Å². The number of rotatable bonds is 3. The highest BCUT2D eigenvalue weighted by Crippen LogP contribution is 2.17. The molecule has 2 aromatic heterocycles. The van der Waals surface area contributed by atoms with Gasteiger partial charge in [-0.05, 0) is 6.92 Å². The zero-order valence-electron chi connectivity index (χ0n) is 10.6. The summed E-state index contributed by atoms with van der Waals surface area (Å²) in [5.41, 5.74) is 2.34. The van der Waals surface area contributed by atoms with Gasteiger partial charge < -0.3 is 10.3 Å². The molecule has 0 saturated heterocycles. The molecule has 0 aliphatic carbocycles. The Morgan fingerprint density at radius 3 is 2.50 bits per heavy atom. The highest BCUT2D eigenvalue weighted by molar-refractivity contribution is 5.81. The molecule has 0 aliphatic rings. The van der Waals surface area contributed by atoms with Crippen LogP contribution in [0.1, 0.15) is 19.5 Å². The Bertz CT molecular complexity index is 804. The Balaban J connectivity index is 2.97. The van der Waals surface area contributed by atoms with Crippen molar-refractivity contribution in [1.82, 2.24) is 18.7 Å². The van der Waals surface area contributed by atoms with Crippen LogP contribution in [-0.2, 0) is 11.8 Å². The van der Waals surface area contributed by atoms with Crippen LogP contribution in [0.15, 0.2) is 15.9 Å². The van der Waals surface area contributed by atoms with Crippen molar-refractivity contribution in [2.45, 2.75) is 19.5 Å². The summed E-state index contributed by atoms with van der Waals surface area (Å²) in [6.45, 7) is -1.77. The second kappa shape index (κ2) is 4.54. The minimum atomic E-state index is -3.16. The number of nitrogens with zero attached hydrogens (tertiary/aromatic N) is 4. The monoisotopic (exact) mass is 287 g/mol. The summed E-state index contributed by atoms with van der Waals surface area (Å²) in [4.78, 5) is 38.5. The largest absolute Gasteiger partial charge is 0.368 e. The number of primary amides is 1. The maximum Gasteiger partial charge on any atom is 0.336 e. The molecule has 2 rings (SSSR count). The van der Waals surface area contributed by atoms with Crippen molar-refractivity contribution < 1.29 is 13.6 Å². The lowest BCUT2D eigenvalue weighted by atomic mass is 10.3. The molecule has 108 valence electrons. The van der Waals surface area contributed by atoms with E-state index in [1.807, 2.05) is 0 Å². The second-order valence-electron chi connectivity index (χ2n) is 4.20. The lowest BCUT2D eigenvalue weighted by Crippen LogP contribution is -2.39. The van der Waals surface area contributed by atoms with Gasteiger partial charge in [-0.2, -0.15) is 8.78 Å². The predicted molar refractivity (Wildman–Crippen MR) is 64.4 cm³/mol. The van der Waals surface area contributed by atoms with Gasteiger partial charge in [-0.15, -0.1) is 0 Å². The number of imidazole rings is 1. The minimum absolute atomic E-state index is 0.0843. The maximum atomic E-state index is 12.9. The molecule has 1 amide bonds. The number of aromatic nitrogens is 4. The first-order chi connectivity index (χ1) is 9.27. The SMILES string of the molecule is C[C@@H](C(N)=O)n1cnc2c1c(=O)n(C)c(=O)n2C(F)F. The van der Waals surface area contributed by atoms with E-state index in [-0.39, 0.29) is 10.1 Å². The third kappa shape index (κ3) is 1.80. The fourth-order valence-electron chi connectivity index (χ4n) is 1.84. The zero-order valence-corrected chi connectivity index (χ0v) is 10.6. The van der Waals surface area contributed by atoms with Crippen LogP contribution in [0.25, 0.3) is 11.2 Å². The van der Waals surface area contributed by atoms with Crippen molar-refractivity contribution in [1.29, 1.82) is 0 Å². The Labute approximate surface area is 110 Å². The van der Waals surface area contributed by atoms with Crippen molar-refractivity contribution in [3.05, 3.63) is 27.2 Å². The molecule has 2 heterocycles. The van der Waals surface area contributed by atoms with Crippen LogP contribution in [0.4, 0.5) is 8.78 Å². The maximum absolute atomic E-state index is 12.9. The predicted octanol–water partition coefficient (Wildman–Crippen LogP) is -0.662. The van der Waals surface area contributed by atoms with E-state index in [9.17, 15) is 23.2 Å². The summed E-state index contributed by atoms with van der Waals surface area (Å²) >= 11 is 0. The number of amides is 1. The summed E-state index contributed by atoms with van der Waals surface area (Å²) in [5, 5.41) is 0. The first-order valence-corrected chi connectivity index (χ1v) is 5.53. The van der Waals surface area contributed by atoms with Crippen LogP contribution < -0.4 is 17.0 Å². The number of hydrogen-bond donors (Lipinski definition) is 1. The van der Waals surface area contributed by atoms with E-state index >= 15 is 0 Å². The van der Waals surface area contributed by atoms with E-state index in [1.54, 1.807) is 0 Å². The molecular weight excluding hydrogens is 276 g/mol. The summed E-state index contributed by atoms with van der Waals surface area (Å²) in [6, 6.07) is -0.962. The van der Waals surface area contributed by atoms with Gasteiger partial charge >= 0.3 is 12.2 Å². The van der Waals surface area contributed by atoms with Crippen LogP contribution in [0, 0.1) is 0 Å². The number of alkyl halides is 2. The van der Waals surface area contributed by atoms with Crippen molar-refractivity contribution in [3.8, 4) is 0 Å².